The number of rotatable bonds is 4. The van der Waals surface area contributed by atoms with Crippen LogP contribution in [0.25, 0.3) is 10.2 Å². The maximum absolute atomic E-state index is 12.5. The quantitative estimate of drug-likeness (QED) is 0.558. The van der Waals surface area contributed by atoms with Crippen molar-refractivity contribution in [2.75, 3.05) is 0 Å². The highest BCUT2D eigenvalue weighted by Gasteiger charge is 2.23. The summed E-state index contributed by atoms with van der Waals surface area (Å²) in [6.45, 7) is 2.27. The summed E-state index contributed by atoms with van der Waals surface area (Å²) in [6, 6.07) is 5.94. The highest BCUT2D eigenvalue weighted by Crippen LogP contribution is 2.35. The Morgan fingerprint density at radius 1 is 1.46 bits per heavy atom. The summed E-state index contributed by atoms with van der Waals surface area (Å²) in [5.74, 6) is 1.41. The van der Waals surface area contributed by atoms with Crippen LogP contribution in [0.3, 0.4) is 0 Å². The molecule has 0 saturated heterocycles. The molecule has 4 rings (SSSR count). The number of ether oxygens (including phenoxy) is 1. The predicted molar refractivity (Wildman–Crippen MR) is 98.9 cm³/mol. The van der Waals surface area contributed by atoms with Gasteiger partial charge in [-0.05, 0) is 36.8 Å². The number of nitrogens with zero attached hydrogens (tertiary/aromatic N) is 2. The number of hydrogen-bond donors (Lipinski definition) is 1. The Kier molecular flexibility index (Phi) is 4.20. The third-order valence-electron chi connectivity index (χ3n) is 4.62. The Morgan fingerprint density at radius 2 is 2.31 bits per heavy atom. The van der Waals surface area contributed by atoms with Gasteiger partial charge in [0.15, 0.2) is 0 Å². The molecule has 0 aliphatic heterocycles. The number of H-pyrrole nitrogens is 1. The molecule has 1 aliphatic rings. The Morgan fingerprint density at radius 3 is 3.12 bits per heavy atom. The highest BCUT2D eigenvalue weighted by atomic mass is 32.1. The molecule has 3 aromatic rings. The van der Waals surface area contributed by atoms with Crippen molar-refractivity contribution in [2.45, 2.75) is 32.8 Å². The molecule has 0 fully saturated rings. The molecule has 7 nitrogen and oxygen atoms in total. The first-order chi connectivity index (χ1) is 12.5. The summed E-state index contributed by atoms with van der Waals surface area (Å²) in [6.07, 6.45) is 3.01. The number of nitro groups is 1. The maximum Gasteiger partial charge on any atom is 0.273 e. The molecule has 26 heavy (non-hydrogen) atoms. The summed E-state index contributed by atoms with van der Waals surface area (Å²) < 4.78 is 5.57. The first kappa shape index (κ1) is 16.7. The van der Waals surface area contributed by atoms with E-state index in [-0.39, 0.29) is 17.9 Å². The molecule has 1 unspecified atom stereocenters. The van der Waals surface area contributed by atoms with E-state index < -0.39 is 4.92 Å². The maximum atomic E-state index is 12.5. The van der Waals surface area contributed by atoms with E-state index in [0.717, 1.165) is 29.7 Å². The van der Waals surface area contributed by atoms with Gasteiger partial charge in [-0.1, -0.05) is 13.0 Å². The lowest BCUT2D eigenvalue weighted by molar-refractivity contribution is -0.384. The summed E-state index contributed by atoms with van der Waals surface area (Å²) in [5.41, 5.74) is 0.960. The fourth-order valence-electron chi connectivity index (χ4n) is 3.30. The Hall–Kier alpha value is -2.74. The highest BCUT2D eigenvalue weighted by molar-refractivity contribution is 7.18. The van der Waals surface area contributed by atoms with Crippen LogP contribution in [0.4, 0.5) is 5.69 Å². The van der Waals surface area contributed by atoms with Gasteiger partial charge in [-0.25, -0.2) is 4.98 Å². The zero-order valence-corrected chi connectivity index (χ0v) is 15.0. The van der Waals surface area contributed by atoms with Crippen molar-refractivity contribution in [3.8, 4) is 5.75 Å². The fourth-order valence-corrected chi connectivity index (χ4v) is 4.70. The van der Waals surface area contributed by atoms with Crippen LogP contribution in [0, 0.1) is 16.0 Å². The average Bonchev–Trinajstić information content (AvgIpc) is 2.97. The molecule has 0 bridgehead atoms. The predicted octanol–water partition coefficient (Wildman–Crippen LogP) is 3.60. The molecule has 1 aliphatic carbocycles. The van der Waals surface area contributed by atoms with Gasteiger partial charge in [-0.3, -0.25) is 14.9 Å². The minimum atomic E-state index is -0.476. The molecular formula is C18H17N3O4S. The zero-order valence-electron chi connectivity index (χ0n) is 14.2. The molecule has 0 saturated carbocycles. The number of nitro benzene ring substituents is 1. The lowest BCUT2D eigenvalue weighted by Gasteiger charge is -2.17. The van der Waals surface area contributed by atoms with Gasteiger partial charge < -0.3 is 9.72 Å². The minimum absolute atomic E-state index is 0.0422. The molecule has 0 radical (unpaired) electrons. The van der Waals surface area contributed by atoms with Crippen LogP contribution in [-0.2, 0) is 19.4 Å². The third-order valence-corrected chi connectivity index (χ3v) is 5.77. The number of thiophene rings is 1. The summed E-state index contributed by atoms with van der Waals surface area (Å²) >= 11 is 1.58. The number of aromatic nitrogens is 2. The SMILES string of the molecule is CC1CCc2c(sc3nc(COc4cccc([N+](=O)[O-])c4)[nH]c(=O)c23)C1. The Bertz CT molecular complexity index is 1060. The Labute approximate surface area is 152 Å². The number of aromatic amines is 1. The van der Waals surface area contributed by atoms with Crippen LogP contribution in [0.2, 0.25) is 0 Å². The van der Waals surface area contributed by atoms with E-state index >= 15 is 0 Å². The van der Waals surface area contributed by atoms with E-state index in [2.05, 4.69) is 16.9 Å². The van der Waals surface area contributed by atoms with Crippen LogP contribution >= 0.6 is 11.3 Å². The smallest absolute Gasteiger partial charge is 0.273 e. The largest absolute Gasteiger partial charge is 0.485 e. The zero-order chi connectivity index (χ0) is 18.3. The van der Waals surface area contributed by atoms with Crippen molar-refractivity contribution in [1.29, 1.82) is 0 Å². The van der Waals surface area contributed by atoms with E-state index in [4.69, 9.17) is 4.74 Å². The lowest BCUT2D eigenvalue weighted by atomic mass is 9.89. The van der Waals surface area contributed by atoms with Gasteiger partial charge in [0.1, 0.15) is 23.0 Å². The Balaban J connectivity index is 1.61. The normalized spacial score (nSPS) is 16.4. The molecule has 0 amide bonds. The van der Waals surface area contributed by atoms with E-state index in [0.29, 0.717) is 22.9 Å². The van der Waals surface area contributed by atoms with Crippen molar-refractivity contribution in [3.05, 3.63) is 61.0 Å². The van der Waals surface area contributed by atoms with Crippen LogP contribution in [0.1, 0.15) is 29.6 Å². The van der Waals surface area contributed by atoms with E-state index in [1.807, 2.05) is 0 Å². The van der Waals surface area contributed by atoms with Gasteiger partial charge >= 0.3 is 0 Å². The first-order valence-electron chi connectivity index (χ1n) is 8.42. The van der Waals surface area contributed by atoms with Crippen molar-refractivity contribution < 1.29 is 9.66 Å². The monoisotopic (exact) mass is 371 g/mol. The van der Waals surface area contributed by atoms with Crippen molar-refractivity contribution in [3.63, 3.8) is 0 Å². The average molecular weight is 371 g/mol. The second-order valence-corrected chi connectivity index (χ2v) is 7.67. The second-order valence-electron chi connectivity index (χ2n) is 6.59. The van der Waals surface area contributed by atoms with Gasteiger partial charge in [-0.2, -0.15) is 0 Å². The number of benzene rings is 1. The topological polar surface area (TPSA) is 98.1 Å². The van der Waals surface area contributed by atoms with E-state index in [9.17, 15) is 14.9 Å². The fraction of sp³-hybridized carbons (Fsp3) is 0.333. The standard InChI is InChI=1S/C18H17N3O4S/c1-10-5-6-13-14(7-10)26-18-16(13)17(22)19-15(20-18)9-25-12-4-2-3-11(8-12)21(23)24/h2-4,8,10H,5-7,9H2,1H3,(H,19,20,22). The third kappa shape index (κ3) is 3.08. The van der Waals surface area contributed by atoms with Crippen molar-refractivity contribution in [2.24, 2.45) is 5.92 Å². The van der Waals surface area contributed by atoms with Gasteiger partial charge in [0, 0.05) is 10.9 Å². The van der Waals surface area contributed by atoms with Crippen molar-refractivity contribution >= 4 is 27.2 Å². The molecule has 8 heteroatoms. The number of aryl methyl sites for hydroxylation is 1. The van der Waals surface area contributed by atoms with E-state index in [1.165, 1.54) is 17.0 Å². The number of nitrogens with one attached hydrogen (secondary N) is 1. The molecular weight excluding hydrogens is 354 g/mol. The van der Waals surface area contributed by atoms with E-state index in [1.54, 1.807) is 23.5 Å². The minimum Gasteiger partial charge on any atom is -0.485 e. The molecule has 2 aromatic heterocycles. The summed E-state index contributed by atoms with van der Waals surface area (Å²) in [5, 5.41) is 11.5. The summed E-state index contributed by atoms with van der Waals surface area (Å²) in [4.78, 5) is 32.2. The van der Waals surface area contributed by atoms with Gasteiger partial charge in [0.25, 0.3) is 11.2 Å². The molecule has 0 spiro atoms. The van der Waals surface area contributed by atoms with Gasteiger partial charge in [0.2, 0.25) is 0 Å². The van der Waals surface area contributed by atoms with Crippen LogP contribution in [0.15, 0.2) is 29.1 Å². The number of hydrogen-bond acceptors (Lipinski definition) is 6. The molecule has 1 atom stereocenters. The molecule has 2 heterocycles. The van der Waals surface area contributed by atoms with Crippen molar-refractivity contribution in [1.82, 2.24) is 9.97 Å². The molecule has 1 N–H and O–H groups in total. The summed E-state index contributed by atoms with van der Waals surface area (Å²) in [7, 11) is 0. The first-order valence-corrected chi connectivity index (χ1v) is 9.23. The lowest BCUT2D eigenvalue weighted by Crippen LogP contribution is -2.15. The van der Waals surface area contributed by atoms with Gasteiger partial charge in [0.05, 0.1) is 16.4 Å². The van der Waals surface area contributed by atoms with Crippen LogP contribution < -0.4 is 10.3 Å². The second kappa shape index (κ2) is 6.53. The van der Waals surface area contributed by atoms with Crippen LogP contribution in [-0.4, -0.2) is 14.9 Å². The number of fused-ring (bicyclic) bond motifs is 3. The molecule has 134 valence electrons. The van der Waals surface area contributed by atoms with Gasteiger partial charge in [-0.15, -0.1) is 11.3 Å². The molecule has 1 aromatic carbocycles. The van der Waals surface area contributed by atoms with Crippen LogP contribution in [0.5, 0.6) is 5.75 Å². The number of non-ortho nitro benzene ring substituents is 1.